The number of benzene rings is 3. The SMILES string of the molecule is CCOC(=O)c1ccc(NC(=O)CC2C(=O)N(c3ccc(OC)cc3)C(=S)N2Cc2ccc(OC)cc2)cc1. The van der Waals surface area contributed by atoms with E-state index in [9.17, 15) is 14.4 Å². The number of methoxy groups -OCH3 is 2. The zero-order chi connectivity index (χ0) is 27.9. The highest BCUT2D eigenvalue weighted by atomic mass is 32.1. The number of carbonyl (C=O) groups is 3. The van der Waals surface area contributed by atoms with Gasteiger partial charge in [0.1, 0.15) is 17.5 Å². The zero-order valence-electron chi connectivity index (χ0n) is 21.9. The van der Waals surface area contributed by atoms with Gasteiger partial charge in [0.25, 0.3) is 5.91 Å². The minimum atomic E-state index is -0.819. The third-order valence-corrected chi connectivity index (χ3v) is 6.64. The molecule has 0 radical (unpaired) electrons. The lowest BCUT2D eigenvalue weighted by atomic mass is 10.1. The molecule has 10 heteroatoms. The summed E-state index contributed by atoms with van der Waals surface area (Å²) in [4.78, 5) is 41.8. The summed E-state index contributed by atoms with van der Waals surface area (Å²) in [5, 5.41) is 3.11. The number of ether oxygens (including phenoxy) is 3. The second-order valence-corrected chi connectivity index (χ2v) is 9.06. The van der Waals surface area contributed by atoms with E-state index in [2.05, 4.69) is 5.32 Å². The first kappa shape index (κ1) is 27.6. The van der Waals surface area contributed by atoms with Crippen LogP contribution in [0.25, 0.3) is 0 Å². The van der Waals surface area contributed by atoms with E-state index in [-0.39, 0.29) is 24.8 Å². The molecule has 2 amide bonds. The van der Waals surface area contributed by atoms with Gasteiger partial charge in [0.05, 0.1) is 38.5 Å². The Labute approximate surface area is 232 Å². The van der Waals surface area contributed by atoms with Crippen molar-refractivity contribution in [2.24, 2.45) is 0 Å². The fourth-order valence-electron chi connectivity index (χ4n) is 4.20. The molecule has 39 heavy (non-hydrogen) atoms. The lowest BCUT2D eigenvalue weighted by molar-refractivity contribution is -0.124. The maximum absolute atomic E-state index is 13.7. The number of nitrogens with one attached hydrogen (secondary N) is 1. The van der Waals surface area contributed by atoms with Gasteiger partial charge < -0.3 is 24.4 Å². The number of anilines is 2. The Morgan fingerprint density at radius 2 is 1.49 bits per heavy atom. The highest BCUT2D eigenvalue weighted by Crippen LogP contribution is 2.30. The number of nitrogens with zero attached hydrogens (tertiary/aromatic N) is 2. The second-order valence-electron chi connectivity index (χ2n) is 8.70. The molecule has 1 aliphatic rings. The van der Waals surface area contributed by atoms with Gasteiger partial charge in [0.15, 0.2) is 5.11 Å². The monoisotopic (exact) mass is 547 g/mol. The van der Waals surface area contributed by atoms with Crippen LogP contribution in [0.1, 0.15) is 29.3 Å². The molecule has 9 nitrogen and oxygen atoms in total. The predicted molar refractivity (Wildman–Crippen MR) is 151 cm³/mol. The maximum Gasteiger partial charge on any atom is 0.338 e. The molecule has 1 fully saturated rings. The average Bonchev–Trinajstić information content (AvgIpc) is 3.17. The minimum absolute atomic E-state index is 0.124. The molecule has 0 aliphatic carbocycles. The van der Waals surface area contributed by atoms with Crippen LogP contribution in [0.4, 0.5) is 11.4 Å². The number of thiocarbonyl (C=S) groups is 1. The summed E-state index contributed by atoms with van der Waals surface area (Å²) < 4.78 is 15.5. The molecular weight excluding hydrogens is 518 g/mol. The number of carbonyl (C=O) groups excluding carboxylic acids is 3. The molecule has 1 unspecified atom stereocenters. The normalized spacial score (nSPS) is 14.8. The van der Waals surface area contributed by atoms with Crippen LogP contribution < -0.4 is 19.7 Å². The fourth-order valence-corrected chi connectivity index (χ4v) is 4.59. The molecule has 4 rings (SSSR count). The lowest BCUT2D eigenvalue weighted by Gasteiger charge is -2.24. The highest BCUT2D eigenvalue weighted by molar-refractivity contribution is 7.80. The van der Waals surface area contributed by atoms with E-state index < -0.39 is 12.0 Å². The summed E-state index contributed by atoms with van der Waals surface area (Å²) in [6, 6.07) is 20.0. The van der Waals surface area contributed by atoms with Crippen molar-refractivity contribution in [2.75, 3.05) is 31.0 Å². The summed E-state index contributed by atoms with van der Waals surface area (Å²) in [7, 11) is 3.16. The molecule has 1 saturated heterocycles. The lowest BCUT2D eigenvalue weighted by Crippen LogP contribution is -2.37. The summed E-state index contributed by atoms with van der Waals surface area (Å²) in [6.45, 7) is 2.33. The largest absolute Gasteiger partial charge is 0.497 e. The molecule has 1 aliphatic heterocycles. The molecule has 1 atom stereocenters. The molecule has 0 saturated carbocycles. The molecular formula is C29H29N3O6S. The van der Waals surface area contributed by atoms with Crippen LogP contribution in [0.3, 0.4) is 0 Å². The van der Waals surface area contributed by atoms with E-state index in [0.717, 1.165) is 5.56 Å². The second kappa shape index (κ2) is 12.4. The van der Waals surface area contributed by atoms with Crippen LogP contribution in [0, 0.1) is 0 Å². The third-order valence-electron chi connectivity index (χ3n) is 6.22. The quantitative estimate of drug-likeness (QED) is 0.295. The van der Waals surface area contributed by atoms with Crippen molar-refractivity contribution in [3.8, 4) is 11.5 Å². The molecule has 3 aromatic carbocycles. The standard InChI is InChI=1S/C29H29N3O6S/c1-4-38-28(35)20-7-9-21(10-8-20)30-26(33)17-25-27(34)32(22-11-15-24(37-3)16-12-22)29(39)31(25)18-19-5-13-23(36-2)14-6-19/h5-16,25H,4,17-18H2,1-3H3,(H,30,33). The van der Waals surface area contributed by atoms with E-state index in [1.165, 1.54) is 4.90 Å². The third kappa shape index (κ3) is 6.35. The summed E-state index contributed by atoms with van der Waals surface area (Å²) in [6.07, 6.45) is -0.124. The van der Waals surface area contributed by atoms with Crippen molar-refractivity contribution >= 4 is 46.5 Å². The van der Waals surface area contributed by atoms with Crippen molar-refractivity contribution in [1.29, 1.82) is 0 Å². The first-order chi connectivity index (χ1) is 18.8. The van der Waals surface area contributed by atoms with Crippen molar-refractivity contribution < 1.29 is 28.6 Å². The van der Waals surface area contributed by atoms with Gasteiger partial charge >= 0.3 is 5.97 Å². The van der Waals surface area contributed by atoms with Crippen molar-refractivity contribution in [3.63, 3.8) is 0 Å². The first-order valence-corrected chi connectivity index (χ1v) is 12.7. The van der Waals surface area contributed by atoms with Gasteiger partial charge in [-0.25, -0.2) is 4.79 Å². The molecule has 1 heterocycles. The number of rotatable bonds is 10. The molecule has 202 valence electrons. The van der Waals surface area contributed by atoms with Gasteiger partial charge in [0, 0.05) is 12.2 Å². The summed E-state index contributed by atoms with van der Waals surface area (Å²) in [5.74, 6) is 0.260. The minimum Gasteiger partial charge on any atom is -0.497 e. The van der Waals surface area contributed by atoms with Gasteiger partial charge in [-0.3, -0.25) is 14.5 Å². The summed E-state index contributed by atoms with van der Waals surface area (Å²) in [5.41, 5.74) is 2.37. The first-order valence-electron chi connectivity index (χ1n) is 12.3. The van der Waals surface area contributed by atoms with Crippen molar-refractivity contribution in [2.45, 2.75) is 25.9 Å². The Morgan fingerprint density at radius 1 is 0.897 bits per heavy atom. The number of amides is 2. The molecule has 1 N–H and O–H groups in total. The number of hydrogen-bond donors (Lipinski definition) is 1. The highest BCUT2D eigenvalue weighted by Gasteiger charge is 2.44. The van der Waals surface area contributed by atoms with Crippen LogP contribution in [0.2, 0.25) is 0 Å². The van der Waals surface area contributed by atoms with Gasteiger partial charge in [-0.1, -0.05) is 12.1 Å². The van der Waals surface area contributed by atoms with E-state index in [1.807, 2.05) is 24.3 Å². The Hall–Kier alpha value is -4.44. The van der Waals surface area contributed by atoms with Gasteiger partial charge in [-0.2, -0.15) is 0 Å². The Bertz CT molecular complexity index is 1340. The van der Waals surface area contributed by atoms with Crippen LogP contribution in [0.5, 0.6) is 11.5 Å². The van der Waals surface area contributed by atoms with Crippen LogP contribution >= 0.6 is 12.2 Å². The van der Waals surface area contributed by atoms with Crippen LogP contribution in [-0.4, -0.2) is 54.7 Å². The van der Waals surface area contributed by atoms with Crippen molar-refractivity contribution in [3.05, 3.63) is 83.9 Å². The number of esters is 1. The molecule has 3 aromatic rings. The fraction of sp³-hybridized carbons (Fsp3) is 0.241. The molecule has 0 aromatic heterocycles. The Kier molecular flexibility index (Phi) is 8.77. The van der Waals surface area contributed by atoms with Crippen molar-refractivity contribution in [1.82, 2.24) is 4.90 Å². The van der Waals surface area contributed by atoms with Crippen LogP contribution in [0.15, 0.2) is 72.8 Å². The topological polar surface area (TPSA) is 97.4 Å². The molecule has 0 spiro atoms. The average molecular weight is 548 g/mol. The smallest absolute Gasteiger partial charge is 0.338 e. The van der Waals surface area contributed by atoms with E-state index in [4.69, 9.17) is 26.4 Å². The summed E-state index contributed by atoms with van der Waals surface area (Å²) >= 11 is 5.75. The van der Waals surface area contributed by atoms with Crippen LogP contribution in [-0.2, 0) is 20.9 Å². The van der Waals surface area contributed by atoms with Gasteiger partial charge in [-0.05, 0) is 85.4 Å². The van der Waals surface area contributed by atoms with Gasteiger partial charge in [-0.15, -0.1) is 0 Å². The van der Waals surface area contributed by atoms with E-state index >= 15 is 0 Å². The Morgan fingerprint density at radius 3 is 2.05 bits per heavy atom. The zero-order valence-corrected chi connectivity index (χ0v) is 22.7. The molecule has 0 bridgehead atoms. The predicted octanol–water partition coefficient (Wildman–Crippen LogP) is 4.41. The maximum atomic E-state index is 13.7. The van der Waals surface area contributed by atoms with Gasteiger partial charge in [0.2, 0.25) is 5.91 Å². The van der Waals surface area contributed by atoms with E-state index in [1.54, 1.807) is 74.6 Å². The number of hydrogen-bond acceptors (Lipinski definition) is 7. The van der Waals surface area contributed by atoms with E-state index in [0.29, 0.717) is 40.1 Å². The Balaban J connectivity index is 1.54.